The topological polar surface area (TPSA) is 170 Å². The summed E-state index contributed by atoms with van der Waals surface area (Å²) in [5.74, 6) is -1.08. The van der Waals surface area contributed by atoms with Gasteiger partial charge in [0, 0.05) is 101 Å². The maximum Gasteiger partial charge on any atom is 0.335 e. The summed E-state index contributed by atoms with van der Waals surface area (Å²) in [6, 6.07) is 26.4. The molecule has 0 bridgehead atoms. The number of hydrogen-bond donors (Lipinski definition) is 3. The number of nitrogens with zero attached hydrogens (tertiary/aromatic N) is 6. The van der Waals surface area contributed by atoms with Crippen LogP contribution in [-0.2, 0) is 25.9 Å². The quantitative estimate of drug-likeness (QED) is 0.127. The molecule has 0 aliphatic carbocycles. The second-order valence-electron chi connectivity index (χ2n) is 15.3. The van der Waals surface area contributed by atoms with Crippen molar-refractivity contribution in [2.45, 2.75) is 67.5 Å². The number of carboxylic acid groups (broad SMARTS) is 1. The number of hydrogen-bond acceptors (Lipinski definition) is 9. The fourth-order valence-electron chi connectivity index (χ4n) is 7.32. The minimum absolute atomic E-state index is 0.127. The van der Waals surface area contributed by atoms with Gasteiger partial charge >= 0.3 is 5.97 Å². The Morgan fingerprint density at radius 1 is 0.603 bits per heavy atom. The van der Waals surface area contributed by atoms with Crippen LogP contribution in [0.3, 0.4) is 0 Å². The fourth-order valence-corrected chi connectivity index (χ4v) is 7.65. The Hall–Kier alpha value is -6.66. The lowest BCUT2D eigenvalue weighted by atomic mass is 10.0. The first-order valence-corrected chi connectivity index (χ1v) is 21.0. The Morgan fingerprint density at radius 2 is 1.08 bits per heavy atom. The Labute approximate surface area is 376 Å². The number of aryl methyl sites for hydroxylation is 6. The van der Waals surface area contributed by atoms with E-state index in [1.54, 1.807) is 30.7 Å². The van der Waals surface area contributed by atoms with E-state index in [1.807, 2.05) is 89.2 Å². The van der Waals surface area contributed by atoms with Crippen LogP contribution in [-0.4, -0.2) is 46.9 Å². The average Bonchev–Trinajstić information content (AvgIpc) is 3.23. The summed E-state index contributed by atoms with van der Waals surface area (Å²) in [6.45, 7) is 13.1. The van der Waals surface area contributed by atoms with Crippen molar-refractivity contribution in [3.63, 3.8) is 0 Å². The van der Waals surface area contributed by atoms with Gasteiger partial charge in [0.15, 0.2) is 0 Å². The second-order valence-corrected chi connectivity index (χ2v) is 16.1. The molecule has 8 aromatic rings. The molecule has 6 heterocycles. The van der Waals surface area contributed by atoms with Gasteiger partial charge in [-0.3, -0.25) is 34.7 Å². The Bertz CT molecular complexity index is 2910. The molecule has 0 spiro atoms. The number of rotatable bonds is 9. The van der Waals surface area contributed by atoms with Crippen LogP contribution in [0.25, 0.3) is 21.8 Å². The third-order valence-electron chi connectivity index (χ3n) is 10.3. The van der Waals surface area contributed by atoms with Crippen LogP contribution in [0, 0.1) is 41.5 Å². The molecule has 1 amide bonds. The summed E-state index contributed by atoms with van der Waals surface area (Å²) in [5, 5.41) is 15.1. The van der Waals surface area contributed by atoms with E-state index >= 15 is 0 Å². The van der Waals surface area contributed by atoms with Crippen LogP contribution >= 0.6 is 23.2 Å². The number of carboxylic acids is 1. The number of pyridine rings is 6. The first kappa shape index (κ1) is 45.9. The first-order valence-electron chi connectivity index (χ1n) is 20.2. The number of halogens is 2. The van der Waals surface area contributed by atoms with Crippen molar-refractivity contribution >= 4 is 56.9 Å². The van der Waals surface area contributed by atoms with E-state index < -0.39 is 5.97 Å². The van der Waals surface area contributed by atoms with E-state index in [-0.39, 0.29) is 11.5 Å². The predicted octanol–water partition coefficient (Wildman–Crippen LogP) is 10.2. The third kappa shape index (κ3) is 12.5. The SMILES string of the molecule is Cc1cc(C)c(CN)c(C)n1.Cc1cc(C)c(CNC(=O)c2ccnc(Cc3ccc4ncc(Cl)cc4c3)c2)c(C)n1.O=C(O)c1ccnc(Cc2ccc3ncc(Cl)cc3c2)c1. The van der Waals surface area contributed by atoms with Gasteiger partial charge < -0.3 is 16.2 Å². The summed E-state index contributed by atoms with van der Waals surface area (Å²) in [6.07, 6.45) is 7.61. The van der Waals surface area contributed by atoms with Gasteiger partial charge in [-0.25, -0.2) is 4.79 Å². The van der Waals surface area contributed by atoms with E-state index in [9.17, 15) is 9.59 Å². The van der Waals surface area contributed by atoms with E-state index in [0.29, 0.717) is 47.2 Å². The Morgan fingerprint density at radius 3 is 1.56 bits per heavy atom. The molecule has 0 aliphatic rings. The number of nitrogens with one attached hydrogen (secondary N) is 1. The van der Waals surface area contributed by atoms with Crippen LogP contribution < -0.4 is 11.1 Å². The normalized spacial score (nSPS) is 10.7. The zero-order valence-electron chi connectivity index (χ0n) is 36.0. The molecule has 0 saturated heterocycles. The number of amides is 1. The largest absolute Gasteiger partial charge is 0.478 e. The standard InChI is InChI=1S/C25H23ClN4O.C16H11ClN2O2.C9H14N2/c1-15-8-16(2)30-17(3)23(15)14-29-25(31)19-6-7-27-22(12-19)10-18-4-5-24-20(9-18)11-21(26)13-28-24;17-13-7-12-5-10(1-2-15(12)19-9-13)6-14-8-11(16(20)21)3-4-18-14;1-6-4-7(2)11-8(3)9(6)5-10/h4-9,11-13H,10,14H2,1-3H3,(H,29,31);1-5,7-9H,6H2,(H,20,21);4H,5,10H2,1-3H3. The fraction of sp³-hybridized carbons (Fsp3) is 0.200. The van der Waals surface area contributed by atoms with Gasteiger partial charge in [0.1, 0.15) is 0 Å². The summed E-state index contributed by atoms with van der Waals surface area (Å²) in [5.41, 5.74) is 20.5. The van der Waals surface area contributed by atoms with E-state index in [4.69, 9.17) is 34.0 Å². The number of aromatic carboxylic acids is 1. The van der Waals surface area contributed by atoms with Crippen LogP contribution in [0.4, 0.5) is 0 Å². The van der Waals surface area contributed by atoms with Crippen molar-refractivity contribution < 1.29 is 14.7 Å². The van der Waals surface area contributed by atoms with Crippen LogP contribution in [0.5, 0.6) is 0 Å². The van der Waals surface area contributed by atoms with Crippen LogP contribution in [0.15, 0.2) is 110 Å². The van der Waals surface area contributed by atoms with Crippen molar-refractivity contribution in [3.05, 3.63) is 198 Å². The van der Waals surface area contributed by atoms with Crippen molar-refractivity contribution in [3.8, 4) is 0 Å². The smallest absolute Gasteiger partial charge is 0.335 e. The molecule has 2 aromatic carbocycles. The summed E-state index contributed by atoms with van der Waals surface area (Å²) in [4.78, 5) is 49.7. The third-order valence-corrected chi connectivity index (χ3v) is 10.7. The first-order chi connectivity index (χ1) is 30.1. The van der Waals surface area contributed by atoms with Gasteiger partial charge in [-0.1, -0.05) is 35.3 Å². The van der Waals surface area contributed by atoms with Crippen molar-refractivity contribution in [2.75, 3.05) is 0 Å². The number of aromatic nitrogens is 6. The highest BCUT2D eigenvalue weighted by molar-refractivity contribution is 6.31. The minimum Gasteiger partial charge on any atom is -0.478 e. The number of benzene rings is 2. The second kappa shape index (κ2) is 20.9. The maximum absolute atomic E-state index is 12.7. The molecular weight excluding hydrogens is 832 g/mol. The molecule has 13 heteroatoms. The number of carbonyl (C=O) groups excluding carboxylic acids is 1. The summed E-state index contributed by atoms with van der Waals surface area (Å²) < 4.78 is 0. The zero-order valence-corrected chi connectivity index (χ0v) is 37.5. The van der Waals surface area contributed by atoms with Gasteiger partial charge in [-0.15, -0.1) is 0 Å². The summed E-state index contributed by atoms with van der Waals surface area (Å²) in [7, 11) is 0. The molecule has 320 valence electrons. The maximum atomic E-state index is 12.7. The Balaban J connectivity index is 0.000000177. The molecule has 0 fully saturated rings. The van der Waals surface area contributed by atoms with Gasteiger partial charge in [0.2, 0.25) is 0 Å². The molecule has 0 saturated carbocycles. The van der Waals surface area contributed by atoms with E-state index in [0.717, 1.165) is 72.5 Å². The Kier molecular flexibility index (Phi) is 15.2. The minimum atomic E-state index is -0.951. The highest BCUT2D eigenvalue weighted by Crippen LogP contribution is 2.22. The van der Waals surface area contributed by atoms with Crippen molar-refractivity contribution in [1.29, 1.82) is 0 Å². The lowest BCUT2D eigenvalue weighted by molar-refractivity contribution is 0.0696. The van der Waals surface area contributed by atoms with Crippen molar-refractivity contribution in [2.24, 2.45) is 5.73 Å². The molecule has 63 heavy (non-hydrogen) atoms. The molecule has 11 nitrogen and oxygen atoms in total. The highest BCUT2D eigenvalue weighted by atomic mass is 35.5. The van der Waals surface area contributed by atoms with Gasteiger partial charge in [0.25, 0.3) is 5.91 Å². The highest BCUT2D eigenvalue weighted by Gasteiger charge is 2.12. The molecular formula is C50H48Cl2N8O3. The molecule has 0 unspecified atom stereocenters. The van der Waals surface area contributed by atoms with Crippen molar-refractivity contribution in [1.82, 2.24) is 35.2 Å². The van der Waals surface area contributed by atoms with E-state index in [1.165, 1.54) is 23.4 Å². The number of fused-ring (bicyclic) bond motifs is 2. The van der Waals surface area contributed by atoms with Crippen LogP contribution in [0.1, 0.15) is 88.3 Å². The average molecular weight is 880 g/mol. The predicted molar refractivity (Wildman–Crippen MR) is 251 cm³/mol. The van der Waals surface area contributed by atoms with Crippen LogP contribution in [0.2, 0.25) is 10.0 Å². The van der Waals surface area contributed by atoms with E-state index in [2.05, 4.69) is 54.3 Å². The molecule has 8 rings (SSSR count). The zero-order chi connectivity index (χ0) is 45.2. The number of nitrogens with two attached hydrogens (primary N) is 1. The molecule has 0 radical (unpaired) electrons. The summed E-state index contributed by atoms with van der Waals surface area (Å²) >= 11 is 12.0. The lowest BCUT2D eigenvalue weighted by Crippen LogP contribution is -2.24. The van der Waals surface area contributed by atoms with Gasteiger partial charge in [-0.05, 0) is 148 Å². The van der Waals surface area contributed by atoms with Gasteiger partial charge in [-0.2, -0.15) is 0 Å². The van der Waals surface area contributed by atoms with Gasteiger partial charge in [0.05, 0.1) is 26.6 Å². The monoisotopic (exact) mass is 878 g/mol. The molecule has 4 N–H and O–H groups in total. The molecule has 0 atom stereocenters. The number of carbonyl (C=O) groups is 2. The molecule has 6 aromatic heterocycles. The lowest BCUT2D eigenvalue weighted by Gasteiger charge is -2.12. The molecule has 0 aliphatic heterocycles.